The summed E-state index contributed by atoms with van der Waals surface area (Å²) in [5.41, 5.74) is 0.322. The first kappa shape index (κ1) is 12.7. The maximum Gasteiger partial charge on any atom is 0.132 e. The quantitative estimate of drug-likeness (QED) is 0.778. The molecule has 88 valence electrons. The molecule has 0 saturated heterocycles. The van der Waals surface area contributed by atoms with Crippen LogP contribution in [0.2, 0.25) is 0 Å². The van der Waals surface area contributed by atoms with Crippen molar-refractivity contribution in [2.75, 3.05) is 0 Å². The van der Waals surface area contributed by atoms with Gasteiger partial charge in [0.25, 0.3) is 0 Å². The molecule has 1 saturated carbocycles. The lowest BCUT2D eigenvalue weighted by Gasteiger charge is -2.32. The van der Waals surface area contributed by atoms with E-state index in [0.717, 1.165) is 19.3 Å². The third-order valence-electron chi connectivity index (χ3n) is 4.27. The van der Waals surface area contributed by atoms with E-state index >= 15 is 0 Å². The zero-order valence-electron chi connectivity index (χ0n) is 10.5. The predicted molar refractivity (Wildman–Crippen MR) is 61.7 cm³/mol. The summed E-state index contributed by atoms with van der Waals surface area (Å²) in [6.07, 6.45) is 4.29. The SMILES string of the molecule is CCC1(C)CCC(C)(C(O)CC(C)=O)C1. The van der Waals surface area contributed by atoms with Gasteiger partial charge in [-0.15, -0.1) is 0 Å². The number of hydrogen-bond donors (Lipinski definition) is 1. The Hall–Kier alpha value is -0.370. The van der Waals surface area contributed by atoms with Crippen LogP contribution >= 0.6 is 0 Å². The molecule has 3 atom stereocenters. The molecule has 1 rings (SSSR count). The molecule has 0 aromatic heterocycles. The van der Waals surface area contributed by atoms with Crippen LogP contribution < -0.4 is 0 Å². The monoisotopic (exact) mass is 212 g/mol. The van der Waals surface area contributed by atoms with Gasteiger partial charge in [-0.1, -0.05) is 27.2 Å². The lowest BCUT2D eigenvalue weighted by Crippen LogP contribution is -2.32. The lowest BCUT2D eigenvalue weighted by atomic mass is 9.76. The van der Waals surface area contributed by atoms with Gasteiger partial charge in [-0.2, -0.15) is 0 Å². The van der Waals surface area contributed by atoms with E-state index in [0.29, 0.717) is 11.8 Å². The zero-order valence-corrected chi connectivity index (χ0v) is 10.5. The number of ketones is 1. The predicted octanol–water partition coefficient (Wildman–Crippen LogP) is 2.93. The summed E-state index contributed by atoms with van der Waals surface area (Å²) in [6.45, 7) is 8.18. The number of Topliss-reactive ketones (excluding diaryl/α,β-unsaturated/α-hetero) is 1. The summed E-state index contributed by atoms with van der Waals surface area (Å²) < 4.78 is 0. The van der Waals surface area contributed by atoms with E-state index in [9.17, 15) is 9.90 Å². The summed E-state index contributed by atoms with van der Waals surface area (Å²) in [5, 5.41) is 10.1. The van der Waals surface area contributed by atoms with Gasteiger partial charge in [-0.3, -0.25) is 4.79 Å². The number of aliphatic hydroxyl groups excluding tert-OH is 1. The smallest absolute Gasteiger partial charge is 0.132 e. The highest BCUT2D eigenvalue weighted by Crippen LogP contribution is 2.53. The molecule has 1 aliphatic rings. The highest BCUT2D eigenvalue weighted by Gasteiger charge is 2.45. The van der Waals surface area contributed by atoms with Crippen LogP contribution in [0.15, 0.2) is 0 Å². The molecule has 3 unspecified atom stereocenters. The van der Waals surface area contributed by atoms with Gasteiger partial charge < -0.3 is 5.11 Å². The Morgan fingerprint density at radius 3 is 2.40 bits per heavy atom. The number of hydrogen-bond acceptors (Lipinski definition) is 2. The zero-order chi connectivity index (χ0) is 11.7. The standard InChI is InChI=1S/C13H24O2/c1-5-12(3)6-7-13(4,9-12)11(15)8-10(2)14/h11,15H,5-9H2,1-4H3. The van der Waals surface area contributed by atoms with E-state index in [4.69, 9.17) is 0 Å². The van der Waals surface area contributed by atoms with Gasteiger partial charge >= 0.3 is 0 Å². The second-order valence-corrected chi connectivity index (χ2v) is 5.92. The van der Waals surface area contributed by atoms with Crippen LogP contribution in [-0.4, -0.2) is 17.0 Å². The van der Waals surface area contributed by atoms with Crippen LogP contribution in [0.1, 0.15) is 59.8 Å². The summed E-state index contributed by atoms with van der Waals surface area (Å²) in [5.74, 6) is 0.0915. The third-order valence-corrected chi connectivity index (χ3v) is 4.27. The van der Waals surface area contributed by atoms with Crippen molar-refractivity contribution >= 4 is 5.78 Å². The molecule has 0 aromatic rings. The van der Waals surface area contributed by atoms with Crippen LogP contribution in [-0.2, 0) is 4.79 Å². The van der Waals surface area contributed by atoms with Gasteiger partial charge in [0.05, 0.1) is 6.10 Å². The van der Waals surface area contributed by atoms with Crippen LogP contribution in [0.5, 0.6) is 0 Å². The Morgan fingerprint density at radius 1 is 1.40 bits per heavy atom. The van der Waals surface area contributed by atoms with Crippen molar-refractivity contribution in [1.82, 2.24) is 0 Å². The van der Waals surface area contributed by atoms with Crippen LogP contribution in [0.3, 0.4) is 0 Å². The number of rotatable bonds is 4. The Morgan fingerprint density at radius 2 is 2.00 bits per heavy atom. The maximum atomic E-state index is 11.0. The van der Waals surface area contributed by atoms with Gasteiger partial charge in [0.15, 0.2) is 0 Å². The Kier molecular flexibility index (Phi) is 3.59. The fourth-order valence-corrected chi connectivity index (χ4v) is 2.84. The first-order valence-corrected chi connectivity index (χ1v) is 5.99. The molecule has 0 aromatic carbocycles. The molecule has 2 heteroatoms. The molecule has 0 amide bonds. The van der Waals surface area contributed by atoms with E-state index in [1.807, 2.05) is 0 Å². The van der Waals surface area contributed by atoms with Crippen molar-refractivity contribution in [2.45, 2.75) is 65.9 Å². The fraction of sp³-hybridized carbons (Fsp3) is 0.923. The average Bonchev–Trinajstić information content (AvgIpc) is 2.44. The molecule has 0 bridgehead atoms. The van der Waals surface area contributed by atoms with Crippen molar-refractivity contribution in [3.8, 4) is 0 Å². The van der Waals surface area contributed by atoms with E-state index in [1.165, 1.54) is 6.42 Å². The van der Waals surface area contributed by atoms with Crippen molar-refractivity contribution in [3.63, 3.8) is 0 Å². The summed E-state index contributed by atoms with van der Waals surface area (Å²) in [7, 11) is 0. The Labute approximate surface area is 93.1 Å². The van der Waals surface area contributed by atoms with E-state index in [2.05, 4.69) is 20.8 Å². The summed E-state index contributed by atoms with van der Waals surface area (Å²) in [6, 6.07) is 0. The first-order chi connectivity index (χ1) is 6.81. The largest absolute Gasteiger partial charge is 0.392 e. The normalized spacial score (nSPS) is 37.9. The molecule has 0 spiro atoms. The Bertz CT molecular complexity index is 249. The van der Waals surface area contributed by atoms with E-state index in [1.54, 1.807) is 6.92 Å². The molecule has 15 heavy (non-hydrogen) atoms. The summed E-state index contributed by atoms with van der Waals surface area (Å²) in [4.78, 5) is 11.0. The molecule has 1 aliphatic carbocycles. The van der Waals surface area contributed by atoms with Crippen molar-refractivity contribution < 1.29 is 9.90 Å². The molecule has 0 aliphatic heterocycles. The minimum absolute atomic E-state index is 0.0452. The van der Waals surface area contributed by atoms with Gasteiger partial charge in [0.2, 0.25) is 0 Å². The number of carbonyl (C=O) groups is 1. The summed E-state index contributed by atoms with van der Waals surface area (Å²) >= 11 is 0. The molecular weight excluding hydrogens is 188 g/mol. The fourth-order valence-electron chi connectivity index (χ4n) is 2.84. The van der Waals surface area contributed by atoms with Crippen molar-refractivity contribution in [1.29, 1.82) is 0 Å². The van der Waals surface area contributed by atoms with E-state index < -0.39 is 6.10 Å². The van der Waals surface area contributed by atoms with Gasteiger partial charge in [0, 0.05) is 6.42 Å². The average molecular weight is 212 g/mol. The second kappa shape index (κ2) is 4.25. The third kappa shape index (κ3) is 2.81. The highest BCUT2D eigenvalue weighted by molar-refractivity contribution is 5.76. The molecule has 2 nitrogen and oxygen atoms in total. The highest BCUT2D eigenvalue weighted by atomic mass is 16.3. The number of aliphatic hydroxyl groups is 1. The molecule has 0 radical (unpaired) electrons. The lowest BCUT2D eigenvalue weighted by molar-refractivity contribution is -0.120. The van der Waals surface area contributed by atoms with Crippen LogP contribution in [0, 0.1) is 10.8 Å². The van der Waals surface area contributed by atoms with E-state index in [-0.39, 0.29) is 11.2 Å². The van der Waals surface area contributed by atoms with Gasteiger partial charge in [-0.05, 0) is 37.0 Å². The molecule has 1 N–H and O–H groups in total. The second-order valence-electron chi connectivity index (χ2n) is 5.92. The minimum Gasteiger partial charge on any atom is -0.392 e. The van der Waals surface area contributed by atoms with Crippen molar-refractivity contribution in [2.24, 2.45) is 10.8 Å². The van der Waals surface area contributed by atoms with Crippen molar-refractivity contribution in [3.05, 3.63) is 0 Å². The molecular formula is C13H24O2. The Balaban J connectivity index is 2.65. The van der Waals surface area contributed by atoms with Crippen LogP contribution in [0.4, 0.5) is 0 Å². The minimum atomic E-state index is -0.455. The van der Waals surface area contributed by atoms with Gasteiger partial charge in [0.1, 0.15) is 5.78 Å². The topological polar surface area (TPSA) is 37.3 Å². The maximum absolute atomic E-state index is 11.0. The molecule has 0 heterocycles. The number of carbonyl (C=O) groups excluding carboxylic acids is 1. The first-order valence-electron chi connectivity index (χ1n) is 5.99. The van der Waals surface area contributed by atoms with Gasteiger partial charge in [-0.25, -0.2) is 0 Å². The molecule has 1 fully saturated rings. The van der Waals surface area contributed by atoms with Crippen LogP contribution in [0.25, 0.3) is 0 Å².